The molecule has 2 N–H and O–H groups in total. The number of nitrogens with zero attached hydrogens (tertiary/aromatic N) is 1. The lowest BCUT2D eigenvalue weighted by atomic mass is 9.87. The number of hydrogen-bond donors (Lipinski definition) is 1. The second kappa shape index (κ2) is 3.21. The van der Waals surface area contributed by atoms with E-state index in [2.05, 4.69) is 0 Å². The van der Waals surface area contributed by atoms with E-state index < -0.39 is 20.8 Å². The van der Waals surface area contributed by atoms with Gasteiger partial charge in [0, 0.05) is 18.2 Å². The highest BCUT2D eigenvalue weighted by atomic mass is 32.2. The van der Waals surface area contributed by atoms with Gasteiger partial charge in [-0.25, -0.2) is 13.6 Å². The van der Waals surface area contributed by atoms with Gasteiger partial charge in [0.15, 0.2) is 5.37 Å². The van der Waals surface area contributed by atoms with E-state index in [-0.39, 0.29) is 0 Å². The van der Waals surface area contributed by atoms with Crippen LogP contribution in [-0.2, 0) is 15.4 Å². The van der Waals surface area contributed by atoms with Crippen LogP contribution in [0.3, 0.4) is 0 Å². The molecule has 0 radical (unpaired) electrons. The van der Waals surface area contributed by atoms with Gasteiger partial charge in [-0.15, -0.1) is 0 Å². The van der Waals surface area contributed by atoms with E-state index in [1.165, 1.54) is 0 Å². The molecule has 0 aromatic heterocycles. The molecule has 2 rings (SSSR count). The highest BCUT2D eigenvalue weighted by molar-refractivity contribution is 7.90. The van der Waals surface area contributed by atoms with Gasteiger partial charge in [-0.05, 0) is 11.6 Å². The molecule has 1 aromatic carbocycles. The SMILES string of the molecule is CN1c2ccccc2C(C)(C)C1S(N)(=O)=O. The zero-order valence-corrected chi connectivity index (χ0v) is 10.5. The van der Waals surface area contributed by atoms with Crippen LogP contribution in [0.15, 0.2) is 24.3 Å². The van der Waals surface area contributed by atoms with Gasteiger partial charge >= 0.3 is 0 Å². The van der Waals surface area contributed by atoms with Gasteiger partial charge in [-0.2, -0.15) is 0 Å². The fraction of sp³-hybridized carbons (Fsp3) is 0.455. The summed E-state index contributed by atoms with van der Waals surface area (Å²) in [5.41, 5.74) is 1.47. The summed E-state index contributed by atoms with van der Waals surface area (Å²) < 4.78 is 23.3. The summed E-state index contributed by atoms with van der Waals surface area (Å²) in [5.74, 6) is 0. The Kier molecular flexibility index (Phi) is 2.29. The quantitative estimate of drug-likeness (QED) is 0.797. The lowest BCUT2D eigenvalue weighted by Gasteiger charge is -2.29. The first-order valence-corrected chi connectivity index (χ1v) is 6.71. The fourth-order valence-corrected chi connectivity index (χ4v) is 4.20. The van der Waals surface area contributed by atoms with Crippen LogP contribution in [0.4, 0.5) is 5.69 Å². The molecule has 1 aromatic rings. The van der Waals surface area contributed by atoms with Crippen molar-refractivity contribution < 1.29 is 8.42 Å². The van der Waals surface area contributed by atoms with Gasteiger partial charge < -0.3 is 4.90 Å². The number of para-hydroxylation sites is 1. The van der Waals surface area contributed by atoms with Crippen molar-refractivity contribution in [2.24, 2.45) is 5.14 Å². The van der Waals surface area contributed by atoms with E-state index in [0.29, 0.717) is 0 Å². The van der Waals surface area contributed by atoms with Crippen molar-refractivity contribution in [3.63, 3.8) is 0 Å². The Morgan fingerprint density at radius 2 is 1.88 bits per heavy atom. The third-order valence-electron chi connectivity index (χ3n) is 3.26. The van der Waals surface area contributed by atoms with Crippen molar-refractivity contribution in [3.8, 4) is 0 Å². The largest absolute Gasteiger partial charge is 0.356 e. The summed E-state index contributed by atoms with van der Waals surface area (Å²) in [4.78, 5) is 1.74. The van der Waals surface area contributed by atoms with Crippen molar-refractivity contribution in [1.29, 1.82) is 0 Å². The average Bonchev–Trinajstić information content (AvgIpc) is 2.34. The molecular weight excluding hydrogens is 224 g/mol. The smallest absolute Gasteiger partial charge is 0.231 e. The summed E-state index contributed by atoms with van der Waals surface area (Å²) >= 11 is 0. The minimum absolute atomic E-state index is 0.487. The summed E-state index contributed by atoms with van der Waals surface area (Å²) in [6.07, 6.45) is 0. The van der Waals surface area contributed by atoms with Crippen LogP contribution in [0.1, 0.15) is 19.4 Å². The van der Waals surface area contributed by atoms with Gasteiger partial charge in [0.25, 0.3) is 0 Å². The Hall–Kier alpha value is -1.07. The van der Waals surface area contributed by atoms with E-state index in [9.17, 15) is 8.42 Å². The molecule has 0 saturated carbocycles. The zero-order chi connectivity index (χ0) is 12.1. The van der Waals surface area contributed by atoms with E-state index in [4.69, 9.17) is 5.14 Å². The number of sulfonamides is 1. The maximum Gasteiger partial charge on any atom is 0.231 e. The summed E-state index contributed by atoms with van der Waals surface area (Å²) in [5, 5.41) is 4.62. The van der Waals surface area contributed by atoms with Crippen LogP contribution in [0.5, 0.6) is 0 Å². The van der Waals surface area contributed by atoms with Crippen molar-refractivity contribution in [1.82, 2.24) is 0 Å². The van der Waals surface area contributed by atoms with Crippen molar-refractivity contribution in [2.45, 2.75) is 24.6 Å². The number of rotatable bonds is 1. The van der Waals surface area contributed by atoms with Gasteiger partial charge in [0.05, 0.1) is 0 Å². The highest BCUT2D eigenvalue weighted by Gasteiger charge is 2.48. The molecule has 0 fully saturated rings. The Balaban J connectivity index is 2.67. The third kappa shape index (κ3) is 1.43. The average molecular weight is 240 g/mol. The molecule has 5 heteroatoms. The second-order valence-corrected chi connectivity index (χ2v) is 6.42. The molecule has 4 nitrogen and oxygen atoms in total. The van der Waals surface area contributed by atoms with Crippen LogP contribution in [-0.4, -0.2) is 20.8 Å². The molecule has 1 aliphatic rings. The Labute approximate surface area is 96.1 Å². The van der Waals surface area contributed by atoms with E-state index in [0.717, 1.165) is 11.3 Å². The molecule has 0 aliphatic carbocycles. The Morgan fingerprint density at radius 1 is 1.31 bits per heavy atom. The maximum atomic E-state index is 11.7. The monoisotopic (exact) mass is 240 g/mol. The van der Waals surface area contributed by atoms with E-state index in [1.807, 2.05) is 38.1 Å². The second-order valence-electron chi connectivity index (χ2n) is 4.79. The van der Waals surface area contributed by atoms with Crippen LogP contribution >= 0.6 is 0 Å². The molecular formula is C11H16N2O2S. The minimum Gasteiger partial charge on any atom is -0.356 e. The summed E-state index contributed by atoms with van der Waals surface area (Å²) in [6, 6.07) is 7.69. The van der Waals surface area contributed by atoms with Crippen LogP contribution in [0.2, 0.25) is 0 Å². The minimum atomic E-state index is -3.60. The number of benzene rings is 1. The normalized spacial score (nSPS) is 23.2. The molecule has 0 bridgehead atoms. The van der Waals surface area contributed by atoms with Gasteiger partial charge in [0.2, 0.25) is 10.0 Å². The standard InChI is InChI=1S/C11H16N2O2S/c1-11(2)8-6-4-5-7-9(8)13(3)10(11)16(12,14)15/h4-7,10H,1-3H3,(H2,12,14,15). The molecule has 1 unspecified atom stereocenters. The number of nitrogens with two attached hydrogens (primary N) is 1. The molecule has 0 spiro atoms. The highest BCUT2D eigenvalue weighted by Crippen LogP contribution is 2.45. The van der Waals surface area contributed by atoms with Gasteiger partial charge in [-0.3, -0.25) is 0 Å². The number of anilines is 1. The molecule has 0 saturated heterocycles. The third-order valence-corrected chi connectivity index (χ3v) is 4.79. The molecule has 88 valence electrons. The van der Waals surface area contributed by atoms with Gasteiger partial charge in [0.1, 0.15) is 0 Å². The zero-order valence-electron chi connectivity index (χ0n) is 9.64. The predicted molar refractivity (Wildman–Crippen MR) is 64.8 cm³/mol. The molecule has 1 aliphatic heterocycles. The van der Waals surface area contributed by atoms with Crippen molar-refractivity contribution in [2.75, 3.05) is 11.9 Å². The lowest BCUT2D eigenvalue weighted by Crippen LogP contribution is -2.48. The Morgan fingerprint density at radius 3 is 2.38 bits per heavy atom. The topological polar surface area (TPSA) is 63.4 Å². The summed E-state index contributed by atoms with van der Waals surface area (Å²) in [6.45, 7) is 3.81. The van der Waals surface area contributed by atoms with Crippen molar-refractivity contribution >= 4 is 15.7 Å². The Bertz CT molecular complexity index is 523. The number of primary sulfonamides is 1. The van der Waals surface area contributed by atoms with E-state index >= 15 is 0 Å². The fourth-order valence-electron chi connectivity index (χ4n) is 2.70. The predicted octanol–water partition coefficient (Wildman–Crippen LogP) is 1.03. The maximum absolute atomic E-state index is 11.7. The lowest BCUT2D eigenvalue weighted by molar-refractivity contribution is 0.489. The number of hydrogen-bond acceptors (Lipinski definition) is 3. The molecule has 1 heterocycles. The first-order valence-electron chi connectivity index (χ1n) is 5.10. The molecule has 0 amide bonds. The van der Waals surface area contributed by atoms with Gasteiger partial charge in [-0.1, -0.05) is 32.0 Å². The number of likely N-dealkylation sites (N-methyl/N-ethyl adjacent to an activating group) is 1. The first-order chi connectivity index (χ1) is 7.26. The number of fused-ring (bicyclic) bond motifs is 1. The van der Waals surface area contributed by atoms with E-state index in [1.54, 1.807) is 11.9 Å². The summed E-state index contributed by atoms with van der Waals surface area (Å²) in [7, 11) is -1.83. The first kappa shape index (κ1) is 11.4. The van der Waals surface area contributed by atoms with Crippen LogP contribution in [0.25, 0.3) is 0 Å². The van der Waals surface area contributed by atoms with Crippen LogP contribution in [0, 0.1) is 0 Å². The molecule has 1 atom stereocenters. The van der Waals surface area contributed by atoms with Crippen molar-refractivity contribution in [3.05, 3.63) is 29.8 Å². The molecule has 16 heavy (non-hydrogen) atoms. The van der Waals surface area contributed by atoms with Crippen LogP contribution < -0.4 is 10.0 Å².